The van der Waals surface area contributed by atoms with Crippen LogP contribution >= 0.6 is 0 Å². The van der Waals surface area contributed by atoms with Gasteiger partial charge in [-0.25, -0.2) is 4.68 Å². The number of piperidine rings is 1. The van der Waals surface area contributed by atoms with Crippen LogP contribution in [0.2, 0.25) is 0 Å². The van der Waals surface area contributed by atoms with Crippen molar-refractivity contribution < 1.29 is 14.0 Å². The van der Waals surface area contributed by atoms with Gasteiger partial charge in [0.15, 0.2) is 5.76 Å². The van der Waals surface area contributed by atoms with Gasteiger partial charge in [-0.15, -0.1) is 0 Å². The highest BCUT2D eigenvalue weighted by molar-refractivity contribution is 5.92. The molecule has 0 bridgehead atoms. The molecule has 3 heterocycles. The third-order valence-corrected chi connectivity index (χ3v) is 5.51. The van der Waals surface area contributed by atoms with Crippen LogP contribution in [-0.4, -0.2) is 46.1 Å². The second-order valence-corrected chi connectivity index (χ2v) is 7.77. The van der Waals surface area contributed by atoms with E-state index < -0.39 is 0 Å². The summed E-state index contributed by atoms with van der Waals surface area (Å²) in [6.45, 7) is 1.62. The zero-order valence-electron chi connectivity index (χ0n) is 17.4. The summed E-state index contributed by atoms with van der Waals surface area (Å²) in [6.07, 6.45) is 4.56. The number of nitrogens with one attached hydrogen (secondary N) is 1. The van der Waals surface area contributed by atoms with E-state index in [-0.39, 0.29) is 17.7 Å². The second-order valence-electron chi connectivity index (χ2n) is 7.77. The lowest BCUT2D eigenvalue weighted by Crippen LogP contribution is -2.45. The summed E-state index contributed by atoms with van der Waals surface area (Å²) in [5, 5.41) is 7.57. The van der Waals surface area contributed by atoms with Gasteiger partial charge in [0.05, 0.1) is 23.6 Å². The van der Waals surface area contributed by atoms with Gasteiger partial charge in [0.25, 0.3) is 5.91 Å². The summed E-state index contributed by atoms with van der Waals surface area (Å²) in [7, 11) is 0. The third-order valence-electron chi connectivity index (χ3n) is 5.51. The van der Waals surface area contributed by atoms with E-state index in [9.17, 15) is 9.59 Å². The molecule has 1 aromatic carbocycles. The number of anilines is 1. The molecule has 2 amide bonds. The highest BCUT2D eigenvalue weighted by Crippen LogP contribution is 2.19. The third kappa shape index (κ3) is 4.96. The van der Waals surface area contributed by atoms with Crippen molar-refractivity contribution in [1.29, 1.82) is 0 Å². The smallest absolute Gasteiger partial charge is 0.289 e. The Labute approximate surface area is 181 Å². The molecule has 8 nitrogen and oxygen atoms in total. The first kappa shape index (κ1) is 20.7. The van der Waals surface area contributed by atoms with E-state index in [1.165, 1.54) is 6.26 Å². The minimum absolute atomic E-state index is 0.00808. The quantitative estimate of drug-likeness (QED) is 0.571. The zero-order chi connectivity index (χ0) is 21.6. The number of likely N-dealkylation sites (tertiary alicyclic amines) is 1. The number of aryl methyl sites for hydroxylation is 1. The minimum Gasteiger partial charge on any atom is -0.459 e. The Balaban J connectivity index is 1.24. The second kappa shape index (κ2) is 9.51. The number of rotatable bonds is 7. The molecule has 3 aromatic rings. The van der Waals surface area contributed by atoms with Gasteiger partial charge in [0.1, 0.15) is 5.82 Å². The summed E-state index contributed by atoms with van der Waals surface area (Å²) in [5.41, 5.74) is 7.90. The lowest BCUT2D eigenvalue weighted by atomic mass is 9.97. The van der Waals surface area contributed by atoms with Gasteiger partial charge in [-0.2, -0.15) is 5.10 Å². The van der Waals surface area contributed by atoms with Gasteiger partial charge in [0.2, 0.25) is 5.91 Å². The van der Waals surface area contributed by atoms with Crippen molar-refractivity contribution in [1.82, 2.24) is 20.0 Å². The van der Waals surface area contributed by atoms with Crippen molar-refractivity contribution in [2.75, 3.05) is 25.4 Å². The molecule has 0 saturated carbocycles. The van der Waals surface area contributed by atoms with Crippen molar-refractivity contribution in [2.45, 2.75) is 25.7 Å². The Morgan fingerprint density at radius 3 is 2.81 bits per heavy atom. The molecular formula is C23H27N5O3. The molecule has 1 aliphatic rings. The summed E-state index contributed by atoms with van der Waals surface area (Å²) < 4.78 is 6.92. The average molecular weight is 422 g/mol. The molecule has 1 atom stereocenters. The lowest BCUT2D eigenvalue weighted by Gasteiger charge is -2.31. The number of aromatic nitrogens is 2. The molecule has 0 unspecified atom stereocenters. The largest absolute Gasteiger partial charge is 0.459 e. The molecular weight excluding hydrogens is 394 g/mol. The van der Waals surface area contributed by atoms with E-state index in [0.717, 1.165) is 37.1 Å². The summed E-state index contributed by atoms with van der Waals surface area (Å²) >= 11 is 0. The summed E-state index contributed by atoms with van der Waals surface area (Å²) in [6, 6.07) is 15.0. The number of nitrogen functional groups attached to an aromatic ring is 1. The van der Waals surface area contributed by atoms with Gasteiger partial charge in [0, 0.05) is 25.7 Å². The van der Waals surface area contributed by atoms with Crippen molar-refractivity contribution in [3.8, 4) is 5.69 Å². The number of nitrogens with two attached hydrogens (primary N) is 1. The highest BCUT2D eigenvalue weighted by Gasteiger charge is 2.29. The average Bonchev–Trinajstić information content (AvgIpc) is 3.47. The van der Waals surface area contributed by atoms with Crippen LogP contribution in [0.4, 0.5) is 5.82 Å². The standard InChI is InChI=1S/C23H27N5O3/c24-21-15-18(26-28(21)19-9-2-1-3-10-19)8-4-12-25-22(29)17-7-5-13-27(16-17)23(30)20-11-6-14-31-20/h1-3,6,9-11,14-15,17H,4-5,7-8,12-13,16,24H2,(H,25,29)/t17-/m1/s1. The Morgan fingerprint density at radius 2 is 2.03 bits per heavy atom. The molecule has 31 heavy (non-hydrogen) atoms. The topological polar surface area (TPSA) is 106 Å². The number of benzene rings is 1. The number of hydrogen-bond acceptors (Lipinski definition) is 5. The number of carbonyl (C=O) groups excluding carboxylic acids is 2. The summed E-state index contributed by atoms with van der Waals surface area (Å²) in [5.74, 6) is 0.546. The van der Waals surface area contributed by atoms with Crippen molar-refractivity contribution in [3.05, 3.63) is 66.2 Å². The molecule has 0 aliphatic carbocycles. The molecule has 4 rings (SSSR count). The molecule has 1 aliphatic heterocycles. The first-order valence-corrected chi connectivity index (χ1v) is 10.6. The van der Waals surface area contributed by atoms with Crippen LogP contribution in [0.3, 0.4) is 0 Å². The monoisotopic (exact) mass is 421 g/mol. The normalized spacial score (nSPS) is 16.3. The van der Waals surface area contributed by atoms with Crippen molar-refractivity contribution in [2.24, 2.45) is 5.92 Å². The predicted octanol–water partition coefficient (Wildman–Crippen LogP) is 2.65. The Kier molecular flexibility index (Phi) is 6.35. The van der Waals surface area contributed by atoms with Crippen LogP contribution in [0.15, 0.2) is 59.2 Å². The van der Waals surface area contributed by atoms with Crippen LogP contribution < -0.4 is 11.1 Å². The maximum atomic E-state index is 12.6. The van der Waals surface area contributed by atoms with E-state index in [4.69, 9.17) is 10.2 Å². The number of amides is 2. The zero-order valence-corrected chi connectivity index (χ0v) is 17.4. The van der Waals surface area contributed by atoms with Crippen LogP contribution in [0, 0.1) is 5.92 Å². The van der Waals surface area contributed by atoms with Gasteiger partial charge in [-0.05, 0) is 49.9 Å². The van der Waals surface area contributed by atoms with E-state index in [1.54, 1.807) is 21.7 Å². The fourth-order valence-electron chi connectivity index (χ4n) is 3.90. The van der Waals surface area contributed by atoms with Gasteiger partial charge in [-0.1, -0.05) is 18.2 Å². The van der Waals surface area contributed by atoms with Crippen LogP contribution in [0.25, 0.3) is 5.69 Å². The molecule has 1 fully saturated rings. The van der Waals surface area contributed by atoms with Gasteiger partial charge < -0.3 is 20.4 Å². The highest BCUT2D eigenvalue weighted by atomic mass is 16.3. The molecule has 8 heteroatoms. The van der Waals surface area contributed by atoms with E-state index in [1.807, 2.05) is 36.4 Å². The first-order chi connectivity index (χ1) is 15.1. The fourth-order valence-corrected chi connectivity index (χ4v) is 3.90. The summed E-state index contributed by atoms with van der Waals surface area (Å²) in [4.78, 5) is 26.8. The maximum Gasteiger partial charge on any atom is 0.289 e. The fraction of sp³-hybridized carbons (Fsp3) is 0.348. The number of hydrogen-bond donors (Lipinski definition) is 2. The maximum absolute atomic E-state index is 12.6. The van der Waals surface area contributed by atoms with Crippen molar-refractivity contribution >= 4 is 17.6 Å². The van der Waals surface area contributed by atoms with Crippen LogP contribution in [0.5, 0.6) is 0 Å². The molecule has 2 aromatic heterocycles. The number of para-hydroxylation sites is 1. The van der Waals surface area contributed by atoms with Crippen LogP contribution in [0.1, 0.15) is 35.5 Å². The molecule has 1 saturated heterocycles. The number of carbonyl (C=O) groups is 2. The van der Waals surface area contributed by atoms with E-state index in [0.29, 0.717) is 31.2 Å². The molecule has 0 spiro atoms. The molecule has 3 N–H and O–H groups in total. The van der Waals surface area contributed by atoms with Crippen molar-refractivity contribution in [3.63, 3.8) is 0 Å². The van der Waals surface area contributed by atoms with Crippen LogP contribution in [-0.2, 0) is 11.2 Å². The molecule has 0 radical (unpaired) electrons. The van der Waals surface area contributed by atoms with Gasteiger partial charge >= 0.3 is 0 Å². The molecule has 162 valence electrons. The first-order valence-electron chi connectivity index (χ1n) is 10.6. The van der Waals surface area contributed by atoms with Gasteiger partial charge in [-0.3, -0.25) is 9.59 Å². The number of furan rings is 1. The Morgan fingerprint density at radius 1 is 1.19 bits per heavy atom. The van der Waals surface area contributed by atoms with E-state index >= 15 is 0 Å². The lowest BCUT2D eigenvalue weighted by molar-refractivity contribution is -0.126. The SMILES string of the molecule is Nc1cc(CCCNC(=O)[C@@H]2CCCN(C(=O)c3ccco3)C2)nn1-c1ccccc1. The Hall–Kier alpha value is -3.55. The predicted molar refractivity (Wildman–Crippen MR) is 117 cm³/mol. The minimum atomic E-state index is -0.194. The van der Waals surface area contributed by atoms with E-state index in [2.05, 4.69) is 10.4 Å². The Bertz CT molecular complexity index is 1010. The number of nitrogens with zero attached hydrogens (tertiary/aromatic N) is 3.